The maximum absolute atomic E-state index is 12.5. The van der Waals surface area contributed by atoms with Crippen molar-refractivity contribution in [3.63, 3.8) is 0 Å². The van der Waals surface area contributed by atoms with Crippen LogP contribution in [0.4, 0.5) is 4.79 Å². The van der Waals surface area contributed by atoms with Crippen molar-refractivity contribution >= 4 is 6.03 Å². The summed E-state index contributed by atoms with van der Waals surface area (Å²) >= 11 is 0. The van der Waals surface area contributed by atoms with Crippen LogP contribution in [-0.2, 0) is 0 Å². The molecule has 0 aromatic heterocycles. The molecule has 2 heterocycles. The molecule has 2 saturated heterocycles. The normalized spacial score (nSPS) is 29.8. The van der Waals surface area contributed by atoms with E-state index in [-0.39, 0.29) is 6.03 Å². The fourth-order valence-corrected chi connectivity index (χ4v) is 3.24. The number of hydrogen-bond donors (Lipinski definition) is 0. The molecule has 2 aliphatic heterocycles. The molecule has 2 unspecified atom stereocenters. The molecule has 4 nitrogen and oxygen atoms in total. The third-order valence-electron chi connectivity index (χ3n) is 4.38. The highest BCUT2D eigenvalue weighted by Gasteiger charge is 2.35. The highest BCUT2D eigenvalue weighted by molar-refractivity contribution is 5.75. The van der Waals surface area contributed by atoms with Gasteiger partial charge in [0, 0.05) is 32.2 Å². The van der Waals surface area contributed by atoms with E-state index in [1.165, 1.54) is 25.7 Å². The number of rotatable bonds is 1. The van der Waals surface area contributed by atoms with Crippen molar-refractivity contribution < 1.29 is 4.79 Å². The van der Waals surface area contributed by atoms with Crippen LogP contribution in [0.15, 0.2) is 0 Å². The van der Waals surface area contributed by atoms with E-state index in [1.807, 2.05) is 0 Å². The van der Waals surface area contributed by atoms with Crippen molar-refractivity contribution in [2.75, 3.05) is 40.3 Å². The quantitative estimate of drug-likeness (QED) is 0.713. The van der Waals surface area contributed by atoms with Gasteiger partial charge in [0.15, 0.2) is 0 Å². The molecule has 0 N–H and O–H groups in total. The second-order valence-corrected chi connectivity index (χ2v) is 6.10. The predicted molar refractivity (Wildman–Crippen MR) is 73.6 cm³/mol. The van der Waals surface area contributed by atoms with Crippen LogP contribution >= 0.6 is 0 Å². The number of likely N-dealkylation sites (tertiary alicyclic amines) is 2. The van der Waals surface area contributed by atoms with Crippen LogP contribution < -0.4 is 0 Å². The first kappa shape index (κ1) is 13.7. The van der Waals surface area contributed by atoms with Gasteiger partial charge in [-0.3, -0.25) is 0 Å². The van der Waals surface area contributed by atoms with E-state index in [1.54, 1.807) is 0 Å². The van der Waals surface area contributed by atoms with Crippen molar-refractivity contribution in [1.82, 2.24) is 14.7 Å². The SMILES string of the molecule is CC1CN(C(=O)N2CCCCCC2)CC1N(C)C. The molecule has 2 rings (SSSR count). The zero-order valence-electron chi connectivity index (χ0n) is 12.1. The number of amides is 2. The van der Waals surface area contributed by atoms with Crippen LogP contribution in [0.1, 0.15) is 32.6 Å². The maximum atomic E-state index is 12.5. The van der Waals surface area contributed by atoms with Gasteiger partial charge in [0.1, 0.15) is 0 Å². The number of likely N-dealkylation sites (N-methyl/N-ethyl adjacent to an activating group) is 1. The number of nitrogens with zero attached hydrogens (tertiary/aromatic N) is 3. The van der Waals surface area contributed by atoms with Crippen LogP contribution in [0.2, 0.25) is 0 Å². The molecule has 0 radical (unpaired) electrons. The van der Waals surface area contributed by atoms with Gasteiger partial charge in [0.2, 0.25) is 0 Å². The van der Waals surface area contributed by atoms with E-state index in [0.29, 0.717) is 12.0 Å². The third-order valence-corrected chi connectivity index (χ3v) is 4.38. The van der Waals surface area contributed by atoms with Crippen LogP contribution in [-0.4, -0.2) is 67.0 Å². The van der Waals surface area contributed by atoms with Gasteiger partial charge < -0.3 is 14.7 Å². The van der Waals surface area contributed by atoms with E-state index in [9.17, 15) is 4.79 Å². The molecular formula is C14H27N3O. The average molecular weight is 253 g/mol. The zero-order chi connectivity index (χ0) is 13.1. The molecule has 0 bridgehead atoms. The molecule has 18 heavy (non-hydrogen) atoms. The summed E-state index contributed by atoms with van der Waals surface area (Å²) in [5, 5.41) is 0. The predicted octanol–water partition coefficient (Wildman–Crippen LogP) is 1.86. The standard InChI is InChI=1S/C14H27N3O/c1-12-10-17(11-13(12)15(2)3)14(18)16-8-6-4-5-7-9-16/h12-13H,4-11H2,1-3H3. The van der Waals surface area contributed by atoms with Gasteiger partial charge in [-0.05, 0) is 32.9 Å². The van der Waals surface area contributed by atoms with Gasteiger partial charge in [-0.15, -0.1) is 0 Å². The zero-order valence-corrected chi connectivity index (χ0v) is 12.1. The number of carbonyl (C=O) groups excluding carboxylic acids is 1. The van der Waals surface area contributed by atoms with Gasteiger partial charge in [-0.1, -0.05) is 19.8 Å². The molecule has 0 aliphatic carbocycles. The van der Waals surface area contributed by atoms with Crippen LogP contribution in [0, 0.1) is 5.92 Å². The fraction of sp³-hybridized carbons (Fsp3) is 0.929. The summed E-state index contributed by atoms with van der Waals surface area (Å²) in [4.78, 5) is 18.9. The second kappa shape index (κ2) is 5.91. The molecule has 0 aromatic rings. The van der Waals surface area contributed by atoms with Gasteiger partial charge in [0.05, 0.1) is 0 Å². The second-order valence-electron chi connectivity index (χ2n) is 6.10. The van der Waals surface area contributed by atoms with Crippen LogP contribution in [0.25, 0.3) is 0 Å². The average Bonchev–Trinajstić information content (AvgIpc) is 2.56. The first-order chi connectivity index (χ1) is 8.59. The first-order valence-electron chi connectivity index (χ1n) is 7.30. The summed E-state index contributed by atoms with van der Waals surface area (Å²) < 4.78 is 0. The largest absolute Gasteiger partial charge is 0.325 e. The highest BCUT2D eigenvalue weighted by atomic mass is 16.2. The summed E-state index contributed by atoms with van der Waals surface area (Å²) in [6.45, 7) is 5.97. The summed E-state index contributed by atoms with van der Waals surface area (Å²) in [6.07, 6.45) is 4.90. The Hall–Kier alpha value is -0.770. The van der Waals surface area contributed by atoms with Gasteiger partial charge in [-0.25, -0.2) is 4.79 Å². The molecule has 4 heteroatoms. The van der Waals surface area contributed by atoms with Crippen LogP contribution in [0.3, 0.4) is 0 Å². The monoisotopic (exact) mass is 253 g/mol. The maximum Gasteiger partial charge on any atom is 0.320 e. The number of urea groups is 1. The Kier molecular flexibility index (Phi) is 4.49. The lowest BCUT2D eigenvalue weighted by atomic mass is 10.1. The van der Waals surface area contributed by atoms with Crippen molar-refractivity contribution in [3.05, 3.63) is 0 Å². The van der Waals surface area contributed by atoms with Crippen molar-refractivity contribution in [2.45, 2.75) is 38.6 Å². The molecule has 0 spiro atoms. The minimum Gasteiger partial charge on any atom is -0.325 e. The molecule has 104 valence electrons. The molecule has 2 aliphatic rings. The van der Waals surface area contributed by atoms with E-state index < -0.39 is 0 Å². The molecule has 2 atom stereocenters. The molecule has 2 fully saturated rings. The highest BCUT2D eigenvalue weighted by Crippen LogP contribution is 2.22. The van der Waals surface area contributed by atoms with E-state index in [0.717, 1.165) is 26.2 Å². The third kappa shape index (κ3) is 2.97. The Morgan fingerprint density at radius 3 is 2.11 bits per heavy atom. The number of hydrogen-bond acceptors (Lipinski definition) is 2. The summed E-state index contributed by atoms with van der Waals surface area (Å²) in [6, 6.07) is 0.786. The lowest BCUT2D eigenvalue weighted by molar-refractivity contribution is 0.160. The van der Waals surface area contributed by atoms with Crippen molar-refractivity contribution in [3.8, 4) is 0 Å². The summed E-state index contributed by atoms with van der Waals surface area (Å²) in [7, 11) is 4.22. The lowest BCUT2D eigenvalue weighted by Crippen LogP contribution is -2.43. The smallest absolute Gasteiger partial charge is 0.320 e. The van der Waals surface area contributed by atoms with Gasteiger partial charge in [0.25, 0.3) is 0 Å². The van der Waals surface area contributed by atoms with Gasteiger partial charge in [-0.2, -0.15) is 0 Å². The minimum atomic E-state index is 0.271. The lowest BCUT2D eigenvalue weighted by Gasteiger charge is -2.27. The molecule has 2 amide bonds. The number of carbonyl (C=O) groups is 1. The van der Waals surface area contributed by atoms with Gasteiger partial charge >= 0.3 is 6.03 Å². The molecule has 0 aromatic carbocycles. The fourth-order valence-electron chi connectivity index (χ4n) is 3.24. The molecular weight excluding hydrogens is 226 g/mol. The Labute approximate surface area is 111 Å². The summed E-state index contributed by atoms with van der Waals surface area (Å²) in [5.74, 6) is 0.580. The van der Waals surface area contributed by atoms with Crippen LogP contribution in [0.5, 0.6) is 0 Å². The van der Waals surface area contributed by atoms with Crippen molar-refractivity contribution in [2.24, 2.45) is 5.92 Å². The van der Waals surface area contributed by atoms with E-state index in [2.05, 4.69) is 35.7 Å². The summed E-state index contributed by atoms with van der Waals surface area (Å²) in [5.41, 5.74) is 0. The molecule has 0 saturated carbocycles. The van der Waals surface area contributed by atoms with Crippen molar-refractivity contribution in [1.29, 1.82) is 0 Å². The Morgan fingerprint density at radius 1 is 1.00 bits per heavy atom. The Morgan fingerprint density at radius 2 is 1.61 bits per heavy atom. The van der Waals surface area contributed by atoms with E-state index in [4.69, 9.17) is 0 Å². The topological polar surface area (TPSA) is 26.8 Å². The minimum absolute atomic E-state index is 0.271. The first-order valence-corrected chi connectivity index (χ1v) is 7.30. The van der Waals surface area contributed by atoms with E-state index >= 15 is 0 Å². The Balaban J connectivity index is 1.93. The Bertz CT molecular complexity index is 285.